The number of carboxylic acids is 2. The van der Waals surface area contributed by atoms with Crippen molar-refractivity contribution < 1.29 is 60.7 Å². The van der Waals surface area contributed by atoms with Crippen molar-refractivity contribution >= 4 is 11.9 Å². The molecular weight excluding hydrogens is 408 g/mol. The standard InChI is InChI=1S/C9H12O6.3C3H8O2/c1-6(10)9(15,4-2-7(11)12)5-3-8(13)14;3*1-3(5)2-4/h2-6,10,15H,1H3,(H,11,12)(H,13,14);3*3-5H,2H2,1H3. The van der Waals surface area contributed by atoms with Crippen LogP contribution in [0.1, 0.15) is 27.7 Å². The van der Waals surface area contributed by atoms with Crippen LogP contribution in [0.5, 0.6) is 0 Å². The molecule has 0 fully saturated rings. The SMILES string of the molecule is CC(O)C(O)(C=CC(=O)O)C=CC(=O)O.CC(O)CO.CC(O)CO.CC(O)CO. The van der Waals surface area contributed by atoms with Crippen LogP contribution in [-0.4, -0.2) is 113 Å². The summed E-state index contributed by atoms with van der Waals surface area (Å²) in [4.78, 5) is 20.4. The van der Waals surface area contributed by atoms with Crippen molar-refractivity contribution in [3.63, 3.8) is 0 Å². The number of hydrogen-bond acceptors (Lipinski definition) is 10. The lowest BCUT2D eigenvalue weighted by molar-refractivity contribution is -0.132. The van der Waals surface area contributed by atoms with Crippen LogP contribution >= 0.6 is 0 Å². The van der Waals surface area contributed by atoms with Crippen molar-refractivity contribution in [2.75, 3.05) is 19.8 Å². The fourth-order valence-corrected chi connectivity index (χ4v) is 0.744. The molecule has 0 aliphatic carbocycles. The normalized spacial score (nSPS) is 16.4. The topological polar surface area (TPSA) is 236 Å². The molecule has 0 spiro atoms. The predicted octanol–water partition coefficient (Wildman–Crippen LogP) is -2.54. The van der Waals surface area contributed by atoms with E-state index in [0.29, 0.717) is 12.2 Å². The number of aliphatic hydroxyl groups excluding tert-OH is 7. The molecule has 0 radical (unpaired) electrons. The van der Waals surface area contributed by atoms with Gasteiger partial charge in [-0.3, -0.25) is 0 Å². The zero-order valence-electron chi connectivity index (χ0n) is 17.5. The first-order valence-corrected chi connectivity index (χ1v) is 8.70. The number of aliphatic carboxylic acids is 2. The first-order valence-electron chi connectivity index (χ1n) is 8.70. The van der Waals surface area contributed by atoms with E-state index >= 15 is 0 Å². The largest absolute Gasteiger partial charge is 0.478 e. The van der Waals surface area contributed by atoms with Crippen LogP contribution in [0.25, 0.3) is 0 Å². The summed E-state index contributed by atoms with van der Waals surface area (Å²) >= 11 is 0. The minimum atomic E-state index is -2.00. The molecule has 30 heavy (non-hydrogen) atoms. The van der Waals surface area contributed by atoms with Gasteiger partial charge in [0.1, 0.15) is 5.60 Å². The van der Waals surface area contributed by atoms with Gasteiger partial charge in [0.15, 0.2) is 0 Å². The number of aliphatic hydroxyl groups is 8. The van der Waals surface area contributed by atoms with E-state index in [4.69, 9.17) is 46.0 Å². The van der Waals surface area contributed by atoms with Crippen molar-refractivity contribution in [2.45, 2.75) is 57.7 Å². The molecule has 12 nitrogen and oxygen atoms in total. The number of carboxylic acid groups (broad SMARTS) is 2. The molecule has 0 heterocycles. The van der Waals surface area contributed by atoms with Crippen LogP contribution < -0.4 is 0 Å². The molecule has 0 aliphatic heterocycles. The number of carbonyl (C=O) groups is 2. The summed E-state index contributed by atoms with van der Waals surface area (Å²) in [7, 11) is 0. The second-order valence-corrected chi connectivity index (χ2v) is 6.00. The summed E-state index contributed by atoms with van der Waals surface area (Å²) in [6.45, 7) is 5.37. The molecular formula is C18H36O12. The Morgan fingerprint density at radius 3 is 1.00 bits per heavy atom. The molecule has 180 valence electrons. The lowest BCUT2D eigenvalue weighted by Crippen LogP contribution is -2.36. The summed E-state index contributed by atoms with van der Waals surface area (Å²) in [5.74, 6) is -2.62. The summed E-state index contributed by atoms with van der Waals surface area (Å²) in [5.41, 5.74) is -2.00. The van der Waals surface area contributed by atoms with Crippen molar-refractivity contribution in [3.05, 3.63) is 24.3 Å². The highest BCUT2D eigenvalue weighted by molar-refractivity contribution is 5.81. The van der Waals surface area contributed by atoms with Gasteiger partial charge in [0.25, 0.3) is 0 Å². The third-order valence-corrected chi connectivity index (χ3v) is 2.45. The first kappa shape index (κ1) is 35.5. The van der Waals surface area contributed by atoms with Crippen LogP contribution in [0.15, 0.2) is 24.3 Å². The van der Waals surface area contributed by atoms with E-state index in [2.05, 4.69) is 0 Å². The molecule has 0 rings (SSSR count). The van der Waals surface area contributed by atoms with Gasteiger partial charge in [-0.15, -0.1) is 0 Å². The van der Waals surface area contributed by atoms with E-state index in [1.807, 2.05) is 0 Å². The Morgan fingerprint density at radius 2 is 0.900 bits per heavy atom. The quantitative estimate of drug-likeness (QED) is 0.174. The first-order chi connectivity index (χ1) is 13.6. The molecule has 0 amide bonds. The maximum absolute atomic E-state index is 10.2. The van der Waals surface area contributed by atoms with Crippen molar-refractivity contribution in [3.8, 4) is 0 Å². The molecule has 0 aromatic carbocycles. The average Bonchev–Trinajstić information content (AvgIpc) is 2.65. The van der Waals surface area contributed by atoms with E-state index < -0.39 is 42.0 Å². The molecule has 10 N–H and O–H groups in total. The number of hydrogen-bond donors (Lipinski definition) is 10. The van der Waals surface area contributed by atoms with Gasteiger partial charge in [-0.25, -0.2) is 9.59 Å². The molecule has 0 saturated heterocycles. The third kappa shape index (κ3) is 33.7. The smallest absolute Gasteiger partial charge is 0.328 e. The Bertz CT molecular complexity index is 427. The second kappa shape index (κ2) is 21.8. The molecule has 0 aliphatic rings. The van der Waals surface area contributed by atoms with Crippen LogP contribution in [-0.2, 0) is 9.59 Å². The predicted molar refractivity (Wildman–Crippen MR) is 106 cm³/mol. The fraction of sp³-hybridized carbons (Fsp3) is 0.667. The maximum atomic E-state index is 10.2. The highest BCUT2D eigenvalue weighted by atomic mass is 16.4. The zero-order chi connectivity index (χ0) is 24.9. The maximum Gasteiger partial charge on any atom is 0.328 e. The Balaban J connectivity index is -0.000000184. The Hall–Kier alpha value is -1.90. The highest BCUT2D eigenvalue weighted by Gasteiger charge is 2.27. The Kier molecular flexibility index (Phi) is 25.8. The lowest BCUT2D eigenvalue weighted by atomic mass is 9.96. The summed E-state index contributed by atoms with van der Waals surface area (Å²) in [5, 5.41) is 83.4. The summed E-state index contributed by atoms with van der Waals surface area (Å²) in [6.07, 6.45) is -0.153. The van der Waals surface area contributed by atoms with Crippen molar-refractivity contribution in [1.82, 2.24) is 0 Å². The molecule has 0 bridgehead atoms. The van der Waals surface area contributed by atoms with Crippen molar-refractivity contribution in [2.24, 2.45) is 0 Å². The lowest BCUT2D eigenvalue weighted by Gasteiger charge is -2.23. The molecule has 0 aromatic heterocycles. The van der Waals surface area contributed by atoms with Gasteiger partial charge in [0.05, 0.1) is 44.2 Å². The molecule has 4 atom stereocenters. The van der Waals surface area contributed by atoms with E-state index in [9.17, 15) is 14.7 Å². The van der Waals surface area contributed by atoms with E-state index in [1.54, 1.807) is 0 Å². The van der Waals surface area contributed by atoms with E-state index in [0.717, 1.165) is 12.2 Å². The van der Waals surface area contributed by atoms with Crippen LogP contribution in [0, 0.1) is 0 Å². The van der Waals surface area contributed by atoms with Crippen LogP contribution in [0.2, 0.25) is 0 Å². The zero-order valence-corrected chi connectivity index (χ0v) is 17.5. The Labute approximate surface area is 175 Å². The van der Waals surface area contributed by atoms with Crippen molar-refractivity contribution in [1.29, 1.82) is 0 Å². The number of rotatable bonds is 8. The summed E-state index contributed by atoms with van der Waals surface area (Å²) in [6, 6.07) is 0. The third-order valence-electron chi connectivity index (χ3n) is 2.45. The minimum Gasteiger partial charge on any atom is -0.478 e. The minimum absolute atomic E-state index is 0.139. The van der Waals surface area contributed by atoms with E-state index in [1.165, 1.54) is 27.7 Å². The van der Waals surface area contributed by atoms with Gasteiger partial charge in [-0.1, -0.05) is 0 Å². The van der Waals surface area contributed by atoms with Gasteiger partial charge in [0, 0.05) is 12.2 Å². The molecule has 0 aromatic rings. The van der Waals surface area contributed by atoms with Gasteiger partial charge < -0.3 is 51.1 Å². The van der Waals surface area contributed by atoms with Gasteiger partial charge >= 0.3 is 11.9 Å². The Morgan fingerprint density at radius 1 is 0.700 bits per heavy atom. The van der Waals surface area contributed by atoms with Gasteiger partial charge in [-0.05, 0) is 39.8 Å². The van der Waals surface area contributed by atoms with Crippen LogP contribution in [0.4, 0.5) is 0 Å². The highest BCUT2D eigenvalue weighted by Crippen LogP contribution is 2.14. The van der Waals surface area contributed by atoms with Crippen LogP contribution in [0.3, 0.4) is 0 Å². The fourth-order valence-electron chi connectivity index (χ4n) is 0.744. The average molecular weight is 444 g/mol. The molecule has 4 unspecified atom stereocenters. The summed E-state index contributed by atoms with van der Waals surface area (Å²) < 4.78 is 0. The molecule has 12 heteroatoms. The van der Waals surface area contributed by atoms with Gasteiger partial charge in [-0.2, -0.15) is 0 Å². The van der Waals surface area contributed by atoms with E-state index in [-0.39, 0.29) is 19.8 Å². The molecule has 0 saturated carbocycles. The second-order valence-electron chi connectivity index (χ2n) is 6.00. The van der Waals surface area contributed by atoms with Gasteiger partial charge in [0.2, 0.25) is 0 Å². The monoisotopic (exact) mass is 444 g/mol.